The highest BCUT2D eigenvalue weighted by Gasteiger charge is 2.20. The van der Waals surface area contributed by atoms with Gasteiger partial charge in [-0.2, -0.15) is 0 Å². The Hall–Kier alpha value is -0.180. The van der Waals surface area contributed by atoms with Gasteiger partial charge in [-0.05, 0) is 25.9 Å². The molecule has 0 spiro atoms. The quantitative estimate of drug-likeness (QED) is 0.648. The second-order valence-corrected chi connectivity index (χ2v) is 8.22. The lowest BCUT2D eigenvalue weighted by molar-refractivity contribution is 0.427. The molecule has 0 unspecified atom stereocenters. The highest BCUT2D eigenvalue weighted by Crippen LogP contribution is 2.04. The van der Waals surface area contributed by atoms with E-state index in [4.69, 9.17) is 0 Å². The lowest BCUT2D eigenvalue weighted by Gasteiger charge is -2.23. The standard InChI is InChI=1S/C8H18N2O4S2/c1-15(11,12)6-7-16(13,14)10-8-2-4-9-5-3-8/h8-10H,2-7H2,1H3. The third-order valence-electron chi connectivity index (χ3n) is 2.41. The van der Waals surface area contributed by atoms with E-state index in [-0.39, 0.29) is 17.5 Å². The number of nitrogens with one attached hydrogen (secondary N) is 2. The van der Waals surface area contributed by atoms with Crippen molar-refractivity contribution in [3.63, 3.8) is 0 Å². The number of sulfone groups is 1. The Kier molecular flexibility index (Phi) is 4.72. The van der Waals surface area contributed by atoms with Gasteiger partial charge in [-0.1, -0.05) is 0 Å². The fraction of sp³-hybridized carbons (Fsp3) is 1.00. The van der Waals surface area contributed by atoms with Crippen molar-refractivity contribution in [3.8, 4) is 0 Å². The highest BCUT2D eigenvalue weighted by atomic mass is 32.2. The first-order valence-corrected chi connectivity index (χ1v) is 8.88. The first kappa shape index (κ1) is 13.9. The molecule has 0 aromatic carbocycles. The molecule has 0 aliphatic carbocycles. The van der Waals surface area contributed by atoms with Crippen LogP contribution in [0.25, 0.3) is 0 Å². The van der Waals surface area contributed by atoms with Crippen LogP contribution in [0.5, 0.6) is 0 Å². The van der Waals surface area contributed by atoms with E-state index >= 15 is 0 Å². The second kappa shape index (κ2) is 5.44. The van der Waals surface area contributed by atoms with Crippen LogP contribution in [0.15, 0.2) is 0 Å². The van der Waals surface area contributed by atoms with E-state index in [0.717, 1.165) is 32.2 Å². The number of hydrogen-bond acceptors (Lipinski definition) is 5. The van der Waals surface area contributed by atoms with Crippen molar-refractivity contribution in [2.24, 2.45) is 0 Å². The predicted octanol–water partition coefficient (Wildman–Crippen LogP) is -1.30. The first-order valence-electron chi connectivity index (χ1n) is 5.17. The van der Waals surface area contributed by atoms with E-state index in [0.29, 0.717) is 0 Å². The zero-order valence-corrected chi connectivity index (χ0v) is 10.9. The molecule has 8 heteroatoms. The van der Waals surface area contributed by atoms with Gasteiger partial charge < -0.3 is 5.32 Å². The Bertz CT molecular complexity index is 409. The van der Waals surface area contributed by atoms with Crippen LogP contribution < -0.4 is 10.0 Å². The minimum atomic E-state index is -3.47. The predicted molar refractivity (Wildman–Crippen MR) is 62.5 cm³/mol. The summed E-state index contributed by atoms with van der Waals surface area (Å²) in [5, 5.41) is 3.13. The van der Waals surface area contributed by atoms with Crippen molar-refractivity contribution in [1.29, 1.82) is 0 Å². The Morgan fingerprint density at radius 3 is 2.19 bits per heavy atom. The molecule has 96 valence electrons. The number of rotatable bonds is 5. The molecule has 0 amide bonds. The molecule has 1 heterocycles. The largest absolute Gasteiger partial charge is 0.317 e. The highest BCUT2D eigenvalue weighted by molar-refractivity contribution is 7.93. The monoisotopic (exact) mass is 270 g/mol. The zero-order chi connectivity index (χ0) is 12.2. The molecule has 2 N–H and O–H groups in total. The molecule has 0 radical (unpaired) electrons. The van der Waals surface area contributed by atoms with E-state index in [1.165, 1.54) is 0 Å². The summed E-state index contributed by atoms with van der Waals surface area (Å²) in [4.78, 5) is 0. The van der Waals surface area contributed by atoms with Crippen LogP contribution in [0.3, 0.4) is 0 Å². The minimum absolute atomic E-state index is 0.0641. The van der Waals surface area contributed by atoms with Gasteiger partial charge in [0.1, 0.15) is 9.84 Å². The van der Waals surface area contributed by atoms with Gasteiger partial charge in [-0.3, -0.25) is 0 Å². The zero-order valence-electron chi connectivity index (χ0n) is 9.27. The maximum Gasteiger partial charge on any atom is 0.212 e. The van der Waals surface area contributed by atoms with E-state index in [1.807, 2.05) is 0 Å². The summed E-state index contributed by atoms with van der Waals surface area (Å²) in [6.07, 6.45) is 2.53. The summed E-state index contributed by atoms with van der Waals surface area (Å²) in [5.74, 6) is -0.678. The van der Waals surface area contributed by atoms with Gasteiger partial charge in [0.25, 0.3) is 0 Å². The van der Waals surface area contributed by atoms with Gasteiger partial charge in [0.05, 0.1) is 11.5 Å². The van der Waals surface area contributed by atoms with Crippen molar-refractivity contribution in [1.82, 2.24) is 10.0 Å². The van der Waals surface area contributed by atoms with Crippen LogP contribution in [-0.4, -0.2) is 53.7 Å². The number of hydrogen-bond donors (Lipinski definition) is 2. The molecule has 0 saturated carbocycles. The fourth-order valence-corrected chi connectivity index (χ4v) is 4.46. The first-order chi connectivity index (χ1) is 7.29. The van der Waals surface area contributed by atoms with Crippen LogP contribution in [0.2, 0.25) is 0 Å². The van der Waals surface area contributed by atoms with E-state index < -0.39 is 19.9 Å². The normalized spacial score (nSPS) is 19.8. The van der Waals surface area contributed by atoms with Crippen LogP contribution >= 0.6 is 0 Å². The van der Waals surface area contributed by atoms with E-state index in [9.17, 15) is 16.8 Å². The van der Waals surface area contributed by atoms with Crippen LogP contribution in [-0.2, 0) is 19.9 Å². The molecule has 0 atom stereocenters. The molecule has 1 saturated heterocycles. The van der Waals surface area contributed by atoms with Crippen molar-refractivity contribution in [2.45, 2.75) is 18.9 Å². The summed E-state index contributed by atoms with van der Waals surface area (Å²) < 4.78 is 47.4. The molecule has 0 aromatic heterocycles. The summed E-state index contributed by atoms with van der Waals surface area (Å²) in [5.41, 5.74) is 0. The molecule has 6 nitrogen and oxygen atoms in total. The average Bonchev–Trinajstić information content (AvgIpc) is 2.15. The van der Waals surface area contributed by atoms with Crippen LogP contribution in [0, 0.1) is 0 Å². The third kappa shape index (κ3) is 5.78. The second-order valence-electron chi connectivity index (χ2n) is 4.09. The van der Waals surface area contributed by atoms with Gasteiger partial charge in [-0.25, -0.2) is 21.6 Å². The fourth-order valence-electron chi connectivity index (χ4n) is 1.51. The molecule has 0 bridgehead atoms. The van der Waals surface area contributed by atoms with Crippen molar-refractivity contribution < 1.29 is 16.8 Å². The SMILES string of the molecule is CS(=O)(=O)CCS(=O)(=O)NC1CCNCC1. The molecule has 1 aliphatic heterocycles. The third-order valence-corrected chi connectivity index (χ3v) is 5.05. The minimum Gasteiger partial charge on any atom is -0.317 e. The summed E-state index contributed by atoms with van der Waals surface area (Å²) in [6, 6.07) is -0.0641. The van der Waals surface area contributed by atoms with Gasteiger partial charge in [-0.15, -0.1) is 0 Å². The number of sulfonamides is 1. The number of piperidine rings is 1. The topological polar surface area (TPSA) is 92.3 Å². The molecule has 0 aromatic rings. The lowest BCUT2D eigenvalue weighted by Crippen LogP contribution is -2.44. The smallest absolute Gasteiger partial charge is 0.212 e. The van der Waals surface area contributed by atoms with Crippen LogP contribution in [0.1, 0.15) is 12.8 Å². The maximum absolute atomic E-state index is 11.5. The molecular weight excluding hydrogens is 252 g/mol. The van der Waals surface area contributed by atoms with Crippen molar-refractivity contribution in [3.05, 3.63) is 0 Å². The molecule has 1 aliphatic rings. The van der Waals surface area contributed by atoms with E-state index in [2.05, 4.69) is 10.0 Å². The Morgan fingerprint density at radius 1 is 1.12 bits per heavy atom. The maximum atomic E-state index is 11.5. The van der Waals surface area contributed by atoms with Crippen LogP contribution in [0.4, 0.5) is 0 Å². The summed E-state index contributed by atoms with van der Waals surface area (Å²) in [7, 11) is -6.70. The van der Waals surface area contributed by atoms with Gasteiger partial charge in [0.2, 0.25) is 10.0 Å². The van der Waals surface area contributed by atoms with Gasteiger partial charge in [0.15, 0.2) is 0 Å². The summed E-state index contributed by atoms with van der Waals surface area (Å²) in [6.45, 7) is 1.58. The summed E-state index contributed by atoms with van der Waals surface area (Å²) >= 11 is 0. The molecule has 1 rings (SSSR count). The van der Waals surface area contributed by atoms with Gasteiger partial charge in [0, 0.05) is 12.3 Å². The lowest BCUT2D eigenvalue weighted by atomic mass is 10.1. The van der Waals surface area contributed by atoms with E-state index in [1.54, 1.807) is 0 Å². The van der Waals surface area contributed by atoms with Gasteiger partial charge >= 0.3 is 0 Å². The Morgan fingerprint density at radius 2 is 1.69 bits per heavy atom. The van der Waals surface area contributed by atoms with Crippen molar-refractivity contribution >= 4 is 19.9 Å². The Labute approximate surface area is 96.8 Å². The Balaban J connectivity index is 2.44. The molecule has 16 heavy (non-hydrogen) atoms. The molecule has 1 fully saturated rings. The van der Waals surface area contributed by atoms with Crippen molar-refractivity contribution in [2.75, 3.05) is 30.9 Å². The average molecular weight is 270 g/mol. The molecular formula is C8H18N2O4S2.